The average molecular weight is 290 g/mol. The number of rotatable bonds is 4. The minimum Gasteiger partial charge on any atom is -0.330 e. The van der Waals surface area contributed by atoms with Gasteiger partial charge in [-0.05, 0) is 33.3 Å². The number of allylic oxidation sites excluding steroid dienone is 3. The van der Waals surface area contributed by atoms with Crippen LogP contribution in [0.15, 0.2) is 35.5 Å². The highest BCUT2D eigenvalue weighted by molar-refractivity contribution is 6.04. The van der Waals surface area contributed by atoms with E-state index in [9.17, 15) is 14.4 Å². The molecule has 1 N–H and O–H groups in total. The topological polar surface area (TPSA) is 66.5 Å². The summed E-state index contributed by atoms with van der Waals surface area (Å²) in [6, 6.07) is -0.609. The molecule has 3 amide bonds. The van der Waals surface area contributed by atoms with E-state index in [0.717, 1.165) is 11.1 Å². The molecule has 1 fully saturated rings. The molecule has 1 heterocycles. The van der Waals surface area contributed by atoms with Gasteiger partial charge in [-0.2, -0.15) is 0 Å². The molecule has 5 heteroatoms. The minimum atomic E-state index is -0.609. The highest BCUT2D eigenvalue weighted by Crippen LogP contribution is 2.16. The van der Waals surface area contributed by atoms with E-state index in [1.165, 1.54) is 4.90 Å². The van der Waals surface area contributed by atoms with Crippen LogP contribution in [-0.2, 0) is 14.4 Å². The van der Waals surface area contributed by atoms with Crippen LogP contribution in [0.1, 0.15) is 33.6 Å². The fourth-order valence-electron chi connectivity index (χ4n) is 2.06. The fraction of sp³-hybridized carbons (Fsp3) is 0.438. The van der Waals surface area contributed by atoms with Crippen LogP contribution in [-0.4, -0.2) is 35.7 Å². The van der Waals surface area contributed by atoms with E-state index in [1.807, 2.05) is 20.8 Å². The van der Waals surface area contributed by atoms with Gasteiger partial charge in [-0.1, -0.05) is 23.8 Å². The third-order valence-corrected chi connectivity index (χ3v) is 3.30. The molecule has 5 nitrogen and oxygen atoms in total. The lowest BCUT2D eigenvalue weighted by atomic mass is 10.0. The predicted molar refractivity (Wildman–Crippen MR) is 81.3 cm³/mol. The van der Waals surface area contributed by atoms with Gasteiger partial charge in [0.15, 0.2) is 0 Å². The standard InChI is InChI=1S/C16H22N2O3/c1-10(2)6-7-12(11(3)4)16(21)18(5)13-8-9-14(19)17-15(13)20/h6-7,13H,1,8-9H2,2-5H3,(H,17,19,20)/b7-6-. The van der Waals surface area contributed by atoms with Crippen molar-refractivity contribution in [1.29, 1.82) is 0 Å². The molecular formula is C16H22N2O3. The van der Waals surface area contributed by atoms with Crippen LogP contribution < -0.4 is 5.32 Å². The van der Waals surface area contributed by atoms with Gasteiger partial charge in [0.1, 0.15) is 6.04 Å². The van der Waals surface area contributed by atoms with Gasteiger partial charge < -0.3 is 4.90 Å². The van der Waals surface area contributed by atoms with Crippen molar-refractivity contribution in [2.75, 3.05) is 7.05 Å². The molecule has 114 valence electrons. The minimum absolute atomic E-state index is 0.234. The van der Waals surface area contributed by atoms with Crippen LogP contribution in [0.5, 0.6) is 0 Å². The number of nitrogens with one attached hydrogen (secondary N) is 1. The summed E-state index contributed by atoms with van der Waals surface area (Å²) in [4.78, 5) is 36.9. The average Bonchev–Trinajstić information content (AvgIpc) is 2.37. The lowest BCUT2D eigenvalue weighted by Gasteiger charge is -2.30. The SMILES string of the molecule is C=C(C)/C=C\C(C(=O)N(C)C1CCC(=O)NC1=O)=C(C)C. The summed E-state index contributed by atoms with van der Waals surface area (Å²) in [5.41, 5.74) is 2.23. The Bertz CT molecular complexity index is 540. The Hall–Kier alpha value is -2.17. The number of imide groups is 1. The maximum Gasteiger partial charge on any atom is 0.254 e. The summed E-state index contributed by atoms with van der Waals surface area (Å²) < 4.78 is 0. The first-order valence-electron chi connectivity index (χ1n) is 6.86. The quantitative estimate of drug-likeness (QED) is 0.487. The molecule has 0 radical (unpaired) electrons. The lowest BCUT2D eigenvalue weighted by Crippen LogP contribution is -2.53. The molecule has 1 unspecified atom stereocenters. The van der Waals surface area contributed by atoms with Crippen molar-refractivity contribution in [3.8, 4) is 0 Å². The van der Waals surface area contributed by atoms with E-state index in [0.29, 0.717) is 12.0 Å². The zero-order valence-electron chi connectivity index (χ0n) is 13.0. The first-order chi connectivity index (χ1) is 9.73. The molecule has 1 aliphatic rings. The zero-order valence-corrected chi connectivity index (χ0v) is 13.0. The Morgan fingerprint density at radius 2 is 1.90 bits per heavy atom. The van der Waals surface area contributed by atoms with Crippen LogP contribution >= 0.6 is 0 Å². The van der Waals surface area contributed by atoms with E-state index >= 15 is 0 Å². The summed E-state index contributed by atoms with van der Waals surface area (Å²) in [6.07, 6.45) is 4.08. The van der Waals surface area contributed by atoms with Gasteiger partial charge >= 0.3 is 0 Å². The van der Waals surface area contributed by atoms with E-state index < -0.39 is 11.9 Å². The van der Waals surface area contributed by atoms with Crippen molar-refractivity contribution < 1.29 is 14.4 Å². The normalized spacial score (nSPS) is 18.4. The number of hydrogen-bond acceptors (Lipinski definition) is 3. The predicted octanol–water partition coefficient (Wildman–Crippen LogP) is 1.72. The molecule has 21 heavy (non-hydrogen) atoms. The first kappa shape index (κ1) is 16.9. The molecule has 0 bridgehead atoms. The van der Waals surface area contributed by atoms with Gasteiger partial charge in [-0.25, -0.2) is 0 Å². The lowest BCUT2D eigenvalue weighted by molar-refractivity contribution is -0.142. The van der Waals surface area contributed by atoms with Crippen molar-refractivity contribution in [2.45, 2.75) is 39.7 Å². The Morgan fingerprint density at radius 1 is 1.29 bits per heavy atom. The number of hydrogen-bond donors (Lipinski definition) is 1. The molecule has 0 aliphatic carbocycles. The number of piperidine rings is 1. The van der Waals surface area contributed by atoms with Crippen LogP contribution in [0.3, 0.4) is 0 Å². The third-order valence-electron chi connectivity index (χ3n) is 3.30. The summed E-state index contributed by atoms with van der Waals surface area (Å²) in [5.74, 6) is -0.942. The van der Waals surface area contributed by atoms with Gasteiger partial charge in [0.2, 0.25) is 11.8 Å². The van der Waals surface area contributed by atoms with Gasteiger partial charge in [0, 0.05) is 19.0 Å². The van der Waals surface area contributed by atoms with Crippen molar-refractivity contribution in [3.63, 3.8) is 0 Å². The molecular weight excluding hydrogens is 268 g/mol. The number of carbonyl (C=O) groups is 3. The van der Waals surface area contributed by atoms with Crippen LogP contribution in [0.2, 0.25) is 0 Å². The molecule has 0 aromatic carbocycles. The number of amides is 3. The molecule has 1 saturated heterocycles. The summed E-state index contributed by atoms with van der Waals surface area (Å²) in [5, 5.41) is 2.26. The Morgan fingerprint density at radius 3 is 2.38 bits per heavy atom. The molecule has 0 spiro atoms. The summed E-state index contributed by atoms with van der Waals surface area (Å²) >= 11 is 0. The second kappa shape index (κ2) is 7.02. The van der Waals surface area contributed by atoms with Crippen molar-refractivity contribution in [1.82, 2.24) is 10.2 Å². The highest BCUT2D eigenvalue weighted by atomic mass is 16.2. The molecule has 0 aromatic rings. The molecule has 0 aromatic heterocycles. The third kappa shape index (κ3) is 4.41. The monoisotopic (exact) mass is 290 g/mol. The van der Waals surface area contributed by atoms with Crippen LogP contribution in [0.4, 0.5) is 0 Å². The van der Waals surface area contributed by atoms with Gasteiger partial charge in [-0.3, -0.25) is 19.7 Å². The zero-order chi connectivity index (χ0) is 16.2. The number of likely N-dealkylation sites (N-methyl/N-ethyl adjacent to an activating group) is 1. The van der Waals surface area contributed by atoms with Gasteiger partial charge in [0.25, 0.3) is 5.91 Å². The highest BCUT2D eigenvalue weighted by Gasteiger charge is 2.32. The molecule has 1 atom stereocenters. The van der Waals surface area contributed by atoms with Gasteiger partial charge in [0.05, 0.1) is 0 Å². The Kier molecular flexibility index (Phi) is 5.64. The van der Waals surface area contributed by atoms with E-state index in [-0.39, 0.29) is 18.2 Å². The molecule has 1 rings (SSSR count). The number of nitrogens with zero attached hydrogens (tertiary/aromatic N) is 1. The van der Waals surface area contributed by atoms with Crippen LogP contribution in [0.25, 0.3) is 0 Å². The van der Waals surface area contributed by atoms with E-state index in [4.69, 9.17) is 0 Å². The Balaban J connectivity index is 2.94. The van der Waals surface area contributed by atoms with Gasteiger partial charge in [-0.15, -0.1) is 0 Å². The summed E-state index contributed by atoms with van der Waals surface area (Å²) in [6.45, 7) is 9.29. The number of carbonyl (C=O) groups excluding carboxylic acids is 3. The molecule has 1 aliphatic heterocycles. The maximum absolute atomic E-state index is 12.5. The first-order valence-corrected chi connectivity index (χ1v) is 6.86. The van der Waals surface area contributed by atoms with E-state index in [2.05, 4.69) is 11.9 Å². The van der Waals surface area contributed by atoms with E-state index in [1.54, 1.807) is 19.2 Å². The smallest absolute Gasteiger partial charge is 0.254 e. The van der Waals surface area contributed by atoms with Crippen LogP contribution in [0, 0.1) is 0 Å². The fourth-order valence-corrected chi connectivity index (χ4v) is 2.06. The van der Waals surface area contributed by atoms with Crippen molar-refractivity contribution >= 4 is 17.7 Å². The molecule has 0 saturated carbocycles. The summed E-state index contributed by atoms with van der Waals surface area (Å²) in [7, 11) is 1.58. The Labute approximate surface area is 125 Å². The second-order valence-corrected chi connectivity index (χ2v) is 5.48. The van der Waals surface area contributed by atoms with Crippen molar-refractivity contribution in [2.24, 2.45) is 0 Å². The van der Waals surface area contributed by atoms with Crippen molar-refractivity contribution in [3.05, 3.63) is 35.5 Å². The maximum atomic E-state index is 12.5. The second-order valence-electron chi connectivity index (χ2n) is 5.48. The largest absolute Gasteiger partial charge is 0.330 e.